The summed E-state index contributed by atoms with van der Waals surface area (Å²) in [4.78, 5) is 11.7. The summed E-state index contributed by atoms with van der Waals surface area (Å²) in [5.74, 6) is -0.0339. The van der Waals surface area contributed by atoms with E-state index in [4.69, 9.17) is 10.9 Å². The van der Waals surface area contributed by atoms with Crippen LogP contribution in [0.4, 0.5) is 0 Å². The maximum absolute atomic E-state index is 11.7. The zero-order chi connectivity index (χ0) is 11.4. The van der Waals surface area contributed by atoms with Crippen LogP contribution in [0.2, 0.25) is 0 Å². The lowest BCUT2D eigenvalue weighted by molar-refractivity contribution is -0.124. The van der Waals surface area contributed by atoms with Crippen LogP contribution in [0.1, 0.15) is 26.7 Å². The van der Waals surface area contributed by atoms with E-state index in [1.54, 1.807) is 0 Å². The van der Waals surface area contributed by atoms with Gasteiger partial charge >= 0.3 is 0 Å². The van der Waals surface area contributed by atoms with Crippen molar-refractivity contribution in [1.29, 1.82) is 0 Å². The molecule has 5 heteroatoms. The van der Waals surface area contributed by atoms with Gasteiger partial charge in [0.2, 0.25) is 5.91 Å². The highest BCUT2D eigenvalue weighted by Crippen LogP contribution is 2.27. The Morgan fingerprint density at radius 1 is 1.60 bits per heavy atom. The first kappa shape index (κ1) is 11.8. The molecule has 5 nitrogen and oxygen atoms in total. The lowest BCUT2D eigenvalue weighted by Crippen LogP contribution is -2.42. The molecule has 0 spiro atoms. The van der Waals surface area contributed by atoms with Crippen molar-refractivity contribution >= 4 is 11.7 Å². The Labute approximate surface area is 89.7 Å². The zero-order valence-electron chi connectivity index (χ0n) is 9.23. The summed E-state index contributed by atoms with van der Waals surface area (Å²) in [6, 6.07) is 0. The van der Waals surface area contributed by atoms with Crippen LogP contribution in [0.25, 0.3) is 0 Å². The molecule has 1 aliphatic rings. The maximum atomic E-state index is 11.7. The third-order valence-corrected chi connectivity index (χ3v) is 2.65. The van der Waals surface area contributed by atoms with Crippen LogP contribution in [0.5, 0.6) is 0 Å². The van der Waals surface area contributed by atoms with E-state index < -0.39 is 5.92 Å². The van der Waals surface area contributed by atoms with Crippen LogP contribution in [-0.2, 0) is 4.79 Å². The number of hydrogen-bond acceptors (Lipinski definition) is 3. The normalized spacial score (nSPS) is 19.0. The van der Waals surface area contributed by atoms with E-state index in [0.29, 0.717) is 12.5 Å². The van der Waals surface area contributed by atoms with Crippen molar-refractivity contribution < 1.29 is 10.0 Å². The van der Waals surface area contributed by atoms with Crippen molar-refractivity contribution in [3.63, 3.8) is 0 Å². The summed E-state index contributed by atoms with van der Waals surface area (Å²) in [6.45, 7) is 4.46. The molecule has 0 radical (unpaired) electrons. The van der Waals surface area contributed by atoms with E-state index in [1.807, 2.05) is 13.8 Å². The van der Waals surface area contributed by atoms with Gasteiger partial charge in [-0.1, -0.05) is 19.0 Å². The second-order valence-corrected chi connectivity index (χ2v) is 4.44. The summed E-state index contributed by atoms with van der Waals surface area (Å²) in [5, 5.41) is 14.3. The minimum absolute atomic E-state index is 0.0155. The number of nitrogens with one attached hydrogen (secondary N) is 1. The summed E-state index contributed by atoms with van der Waals surface area (Å²) in [5.41, 5.74) is 5.48. The number of carbonyl (C=O) groups is 1. The van der Waals surface area contributed by atoms with Crippen LogP contribution in [-0.4, -0.2) is 23.5 Å². The second-order valence-electron chi connectivity index (χ2n) is 4.44. The van der Waals surface area contributed by atoms with Gasteiger partial charge in [0.1, 0.15) is 5.92 Å². The Hall–Kier alpha value is -1.26. The van der Waals surface area contributed by atoms with Crippen molar-refractivity contribution in [2.75, 3.05) is 6.54 Å². The maximum Gasteiger partial charge on any atom is 0.231 e. The monoisotopic (exact) mass is 213 g/mol. The smallest absolute Gasteiger partial charge is 0.231 e. The highest BCUT2D eigenvalue weighted by atomic mass is 16.4. The molecule has 1 rings (SSSR count). The van der Waals surface area contributed by atoms with Crippen LogP contribution < -0.4 is 11.1 Å². The van der Waals surface area contributed by atoms with Crippen LogP contribution in [0.3, 0.4) is 0 Å². The molecule has 4 N–H and O–H groups in total. The molecule has 0 heterocycles. The minimum Gasteiger partial charge on any atom is -0.409 e. The van der Waals surface area contributed by atoms with Gasteiger partial charge in [-0.05, 0) is 24.7 Å². The molecular weight excluding hydrogens is 194 g/mol. The lowest BCUT2D eigenvalue weighted by Gasteiger charge is -2.18. The molecule has 1 aliphatic carbocycles. The van der Waals surface area contributed by atoms with Crippen molar-refractivity contribution in [2.24, 2.45) is 28.6 Å². The number of nitrogens with zero attached hydrogens (tertiary/aromatic N) is 1. The Morgan fingerprint density at radius 3 is 2.60 bits per heavy atom. The average molecular weight is 213 g/mol. The molecule has 0 aromatic carbocycles. The first-order chi connectivity index (χ1) is 7.06. The van der Waals surface area contributed by atoms with Gasteiger partial charge in [-0.25, -0.2) is 0 Å². The van der Waals surface area contributed by atoms with Gasteiger partial charge in [-0.15, -0.1) is 0 Å². The first-order valence-corrected chi connectivity index (χ1v) is 5.31. The van der Waals surface area contributed by atoms with Gasteiger partial charge in [-0.3, -0.25) is 4.79 Å². The van der Waals surface area contributed by atoms with Gasteiger partial charge in [-0.2, -0.15) is 0 Å². The standard InChI is InChI=1S/C10H19N3O2/c1-6(2)8(9(11)13-15)10(14)12-5-7-3-4-7/h6-8,15H,3-5H2,1-2H3,(H2,11,13)(H,12,14). The SMILES string of the molecule is CC(C)C(C(=O)NCC1CC1)C(N)=NO. The van der Waals surface area contributed by atoms with Gasteiger partial charge in [0.25, 0.3) is 0 Å². The number of oxime groups is 1. The Balaban J connectivity index is 2.49. The van der Waals surface area contributed by atoms with E-state index in [1.165, 1.54) is 12.8 Å². The second kappa shape index (κ2) is 5.00. The minimum atomic E-state index is -0.534. The molecule has 1 saturated carbocycles. The van der Waals surface area contributed by atoms with Gasteiger partial charge in [0.15, 0.2) is 5.84 Å². The van der Waals surface area contributed by atoms with Crippen LogP contribution in [0.15, 0.2) is 5.16 Å². The predicted molar refractivity (Wildman–Crippen MR) is 57.5 cm³/mol. The largest absolute Gasteiger partial charge is 0.409 e. The Morgan fingerprint density at radius 2 is 2.20 bits per heavy atom. The van der Waals surface area contributed by atoms with Crippen molar-refractivity contribution in [2.45, 2.75) is 26.7 Å². The first-order valence-electron chi connectivity index (χ1n) is 5.31. The van der Waals surface area contributed by atoms with E-state index in [9.17, 15) is 4.79 Å². The van der Waals surface area contributed by atoms with Crippen LogP contribution >= 0.6 is 0 Å². The van der Waals surface area contributed by atoms with Gasteiger partial charge in [0, 0.05) is 6.54 Å². The van der Waals surface area contributed by atoms with Gasteiger partial charge in [0.05, 0.1) is 0 Å². The molecule has 1 atom stereocenters. The molecule has 1 fully saturated rings. The zero-order valence-corrected chi connectivity index (χ0v) is 9.23. The fourth-order valence-corrected chi connectivity index (χ4v) is 1.52. The summed E-state index contributed by atoms with van der Waals surface area (Å²) < 4.78 is 0. The molecular formula is C10H19N3O2. The lowest BCUT2D eigenvalue weighted by atomic mass is 9.94. The van der Waals surface area contributed by atoms with Crippen molar-refractivity contribution in [3.05, 3.63) is 0 Å². The molecule has 0 aromatic heterocycles. The Bertz CT molecular complexity index is 259. The van der Waals surface area contributed by atoms with E-state index in [-0.39, 0.29) is 17.7 Å². The topological polar surface area (TPSA) is 87.7 Å². The molecule has 1 unspecified atom stereocenters. The fraction of sp³-hybridized carbons (Fsp3) is 0.800. The summed E-state index contributed by atoms with van der Waals surface area (Å²) in [7, 11) is 0. The molecule has 86 valence electrons. The number of nitrogens with two attached hydrogens (primary N) is 1. The number of rotatable bonds is 5. The highest BCUT2D eigenvalue weighted by molar-refractivity contribution is 6.02. The number of carbonyl (C=O) groups excluding carboxylic acids is 1. The fourth-order valence-electron chi connectivity index (χ4n) is 1.52. The van der Waals surface area contributed by atoms with E-state index in [0.717, 1.165) is 0 Å². The summed E-state index contributed by atoms with van der Waals surface area (Å²) >= 11 is 0. The van der Waals surface area contributed by atoms with Crippen molar-refractivity contribution in [3.8, 4) is 0 Å². The summed E-state index contributed by atoms with van der Waals surface area (Å²) in [6.07, 6.45) is 2.38. The van der Waals surface area contributed by atoms with E-state index >= 15 is 0 Å². The van der Waals surface area contributed by atoms with Crippen LogP contribution in [0, 0.1) is 17.8 Å². The molecule has 0 aromatic rings. The molecule has 0 aliphatic heterocycles. The predicted octanol–water partition coefficient (Wildman–Crippen LogP) is 0.531. The van der Waals surface area contributed by atoms with Gasteiger partial charge < -0.3 is 16.3 Å². The third kappa shape index (κ3) is 3.42. The molecule has 0 bridgehead atoms. The average Bonchev–Trinajstić information content (AvgIpc) is 2.97. The number of amidine groups is 1. The molecule has 0 saturated heterocycles. The van der Waals surface area contributed by atoms with Crippen molar-refractivity contribution in [1.82, 2.24) is 5.32 Å². The Kier molecular flexibility index (Phi) is 3.94. The third-order valence-electron chi connectivity index (χ3n) is 2.65. The number of hydrogen-bond donors (Lipinski definition) is 3. The quantitative estimate of drug-likeness (QED) is 0.269. The van der Waals surface area contributed by atoms with E-state index in [2.05, 4.69) is 10.5 Å². The number of amides is 1. The molecule has 1 amide bonds. The highest BCUT2D eigenvalue weighted by Gasteiger charge is 2.28. The molecule has 15 heavy (non-hydrogen) atoms.